The van der Waals surface area contributed by atoms with E-state index in [1.165, 1.54) is 43.6 Å². The van der Waals surface area contributed by atoms with Crippen LogP contribution in [0.3, 0.4) is 0 Å². The van der Waals surface area contributed by atoms with Crippen LogP contribution < -0.4 is 5.32 Å². The van der Waals surface area contributed by atoms with Crippen LogP contribution in [0, 0.1) is 11.3 Å². The largest absolute Gasteiger partial charge is 0.310 e. The Bertz CT molecular complexity index is 456. The van der Waals surface area contributed by atoms with Gasteiger partial charge < -0.3 is 5.32 Å². The number of likely N-dealkylation sites (tertiary alicyclic amines) is 1. The zero-order valence-electron chi connectivity index (χ0n) is 13.7. The Labute approximate surface area is 129 Å². The molecule has 1 atom stereocenters. The molecule has 1 aliphatic carbocycles. The summed E-state index contributed by atoms with van der Waals surface area (Å²) in [6, 6.07) is 5.20. The molecule has 3 rings (SSSR count). The standard InChI is InChI=1S/C18H29N3/c1-18(2,3)15-8-9-21(12-15)13-17-5-4-14(11-20-17)10-19-16-6-7-16/h4-5,11,15-16,19H,6-10,12-13H2,1-3H3. The maximum absolute atomic E-state index is 4.65. The molecule has 0 amide bonds. The maximum Gasteiger partial charge on any atom is 0.0544 e. The van der Waals surface area contributed by atoms with Gasteiger partial charge in [0.2, 0.25) is 0 Å². The first kappa shape index (κ1) is 15.0. The van der Waals surface area contributed by atoms with Crippen molar-refractivity contribution in [2.75, 3.05) is 13.1 Å². The van der Waals surface area contributed by atoms with Crippen LogP contribution >= 0.6 is 0 Å². The molecule has 2 heterocycles. The van der Waals surface area contributed by atoms with Crippen LogP contribution in [0.5, 0.6) is 0 Å². The molecule has 0 spiro atoms. The van der Waals surface area contributed by atoms with Crippen LogP contribution in [-0.2, 0) is 13.1 Å². The van der Waals surface area contributed by atoms with E-state index in [9.17, 15) is 0 Å². The highest BCUT2D eigenvalue weighted by Gasteiger charge is 2.31. The lowest BCUT2D eigenvalue weighted by Crippen LogP contribution is -2.26. The predicted octanol–water partition coefficient (Wildman–Crippen LogP) is 3.20. The van der Waals surface area contributed by atoms with E-state index in [4.69, 9.17) is 0 Å². The number of nitrogens with zero attached hydrogens (tertiary/aromatic N) is 2. The zero-order valence-corrected chi connectivity index (χ0v) is 13.7. The Hall–Kier alpha value is -0.930. The van der Waals surface area contributed by atoms with Gasteiger partial charge in [-0.1, -0.05) is 26.8 Å². The predicted molar refractivity (Wildman–Crippen MR) is 86.9 cm³/mol. The highest BCUT2D eigenvalue weighted by Crippen LogP contribution is 2.33. The van der Waals surface area contributed by atoms with Crippen LogP contribution in [0.4, 0.5) is 0 Å². The smallest absolute Gasteiger partial charge is 0.0544 e. The van der Waals surface area contributed by atoms with Crippen molar-refractivity contribution in [3.8, 4) is 0 Å². The average Bonchev–Trinajstić information content (AvgIpc) is 3.14. The molecule has 1 aromatic heterocycles. The summed E-state index contributed by atoms with van der Waals surface area (Å²) < 4.78 is 0. The summed E-state index contributed by atoms with van der Waals surface area (Å²) in [6.45, 7) is 11.5. The second-order valence-corrected chi connectivity index (χ2v) is 7.90. The van der Waals surface area contributed by atoms with Crippen molar-refractivity contribution in [3.05, 3.63) is 29.6 Å². The van der Waals surface area contributed by atoms with Gasteiger partial charge in [-0.3, -0.25) is 9.88 Å². The Morgan fingerprint density at radius 1 is 1.24 bits per heavy atom. The molecule has 1 aromatic rings. The lowest BCUT2D eigenvalue weighted by molar-refractivity contribution is 0.225. The molecular formula is C18H29N3. The first-order valence-electron chi connectivity index (χ1n) is 8.40. The summed E-state index contributed by atoms with van der Waals surface area (Å²) in [7, 11) is 0. The van der Waals surface area contributed by atoms with Crippen molar-refractivity contribution in [1.82, 2.24) is 15.2 Å². The monoisotopic (exact) mass is 287 g/mol. The number of hydrogen-bond donors (Lipinski definition) is 1. The first-order chi connectivity index (χ1) is 10.0. The third-order valence-electron chi connectivity index (χ3n) is 4.94. The van der Waals surface area contributed by atoms with E-state index in [1.54, 1.807) is 0 Å². The van der Waals surface area contributed by atoms with Crippen molar-refractivity contribution in [2.24, 2.45) is 11.3 Å². The summed E-state index contributed by atoms with van der Waals surface area (Å²) in [4.78, 5) is 7.20. The molecule has 1 saturated carbocycles. The van der Waals surface area contributed by atoms with Crippen LogP contribution in [0.1, 0.15) is 51.3 Å². The van der Waals surface area contributed by atoms with Crippen LogP contribution in [0.15, 0.2) is 18.3 Å². The van der Waals surface area contributed by atoms with E-state index >= 15 is 0 Å². The number of hydrogen-bond acceptors (Lipinski definition) is 3. The molecule has 0 aromatic carbocycles. The van der Waals surface area contributed by atoms with E-state index in [2.05, 4.69) is 48.1 Å². The Morgan fingerprint density at radius 2 is 2.05 bits per heavy atom. The van der Waals surface area contributed by atoms with Crippen molar-refractivity contribution in [1.29, 1.82) is 0 Å². The molecule has 2 aliphatic rings. The SMILES string of the molecule is CC(C)(C)C1CCN(Cc2ccc(CNC3CC3)cn2)C1. The molecule has 0 bridgehead atoms. The molecule has 1 N–H and O–H groups in total. The van der Waals surface area contributed by atoms with Gasteiger partial charge in [0.05, 0.1) is 5.69 Å². The Kier molecular flexibility index (Phi) is 4.32. The average molecular weight is 287 g/mol. The minimum absolute atomic E-state index is 0.431. The highest BCUT2D eigenvalue weighted by molar-refractivity contribution is 5.14. The number of rotatable bonds is 5. The van der Waals surface area contributed by atoms with Gasteiger partial charge in [0, 0.05) is 31.9 Å². The summed E-state index contributed by atoms with van der Waals surface area (Å²) >= 11 is 0. The summed E-state index contributed by atoms with van der Waals surface area (Å²) in [6.07, 6.45) is 6.06. The number of pyridine rings is 1. The summed E-state index contributed by atoms with van der Waals surface area (Å²) in [5, 5.41) is 3.54. The third-order valence-corrected chi connectivity index (χ3v) is 4.94. The normalized spacial score (nSPS) is 23.7. The van der Waals surface area contributed by atoms with Crippen molar-refractivity contribution < 1.29 is 0 Å². The van der Waals surface area contributed by atoms with E-state index in [0.717, 1.165) is 25.0 Å². The number of aromatic nitrogens is 1. The van der Waals surface area contributed by atoms with Gasteiger partial charge in [0.15, 0.2) is 0 Å². The van der Waals surface area contributed by atoms with Crippen molar-refractivity contribution in [3.63, 3.8) is 0 Å². The first-order valence-corrected chi connectivity index (χ1v) is 8.40. The van der Waals surface area contributed by atoms with Gasteiger partial charge >= 0.3 is 0 Å². The molecule has 1 unspecified atom stereocenters. The zero-order chi connectivity index (χ0) is 14.9. The van der Waals surface area contributed by atoms with Gasteiger partial charge in [-0.2, -0.15) is 0 Å². The van der Waals surface area contributed by atoms with Gasteiger partial charge in [-0.05, 0) is 48.8 Å². The van der Waals surface area contributed by atoms with Gasteiger partial charge in [0.1, 0.15) is 0 Å². The van der Waals surface area contributed by atoms with E-state index in [-0.39, 0.29) is 0 Å². The molecule has 2 fully saturated rings. The van der Waals surface area contributed by atoms with Gasteiger partial charge in [-0.25, -0.2) is 0 Å². The summed E-state index contributed by atoms with van der Waals surface area (Å²) in [5.41, 5.74) is 2.94. The quantitative estimate of drug-likeness (QED) is 0.901. The second-order valence-electron chi connectivity index (χ2n) is 7.90. The highest BCUT2D eigenvalue weighted by atomic mass is 15.2. The fourth-order valence-corrected chi connectivity index (χ4v) is 3.12. The lowest BCUT2D eigenvalue weighted by atomic mass is 9.80. The Morgan fingerprint density at radius 3 is 2.62 bits per heavy atom. The van der Waals surface area contributed by atoms with Gasteiger partial charge in [-0.15, -0.1) is 0 Å². The molecule has 1 aliphatic heterocycles. The van der Waals surface area contributed by atoms with Crippen LogP contribution in [0.2, 0.25) is 0 Å². The Balaban J connectivity index is 1.48. The third kappa shape index (κ3) is 4.27. The minimum Gasteiger partial charge on any atom is -0.310 e. The van der Waals surface area contributed by atoms with Crippen molar-refractivity contribution >= 4 is 0 Å². The minimum atomic E-state index is 0.431. The maximum atomic E-state index is 4.65. The molecule has 116 valence electrons. The number of nitrogens with one attached hydrogen (secondary N) is 1. The molecular weight excluding hydrogens is 258 g/mol. The molecule has 0 radical (unpaired) electrons. The van der Waals surface area contributed by atoms with Crippen LogP contribution in [0.25, 0.3) is 0 Å². The van der Waals surface area contributed by atoms with Crippen LogP contribution in [-0.4, -0.2) is 29.0 Å². The van der Waals surface area contributed by atoms with Crippen molar-refractivity contribution in [2.45, 2.75) is 59.2 Å². The molecule has 3 heteroatoms. The lowest BCUT2D eigenvalue weighted by Gasteiger charge is -2.27. The molecule has 21 heavy (non-hydrogen) atoms. The van der Waals surface area contributed by atoms with E-state index < -0.39 is 0 Å². The van der Waals surface area contributed by atoms with E-state index in [1.807, 2.05) is 6.20 Å². The summed E-state index contributed by atoms with van der Waals surface area (Å²) in [5.74, 6) is 0.819. The molecule has 1 saturated heterocycles. The topological polar surface area (TPSA) is 28.2 Å². The fraction of sp³-hybridized carbons (Fsp3) is 0.722. The fourth-order valence-electron chi connectivity index (χ4n) is 3.12. The second kappa shape index (κ2) is 6.05. The molecule has 3 nitrogen and oxygen atoms in total. The van der Waals surface area contributed by atoms with Gasteiger partial charge in [0.25, 0.3) is 0 Å². The van der Waals surface area contributed by atoms with E-state index in [0.29, 0.717) is 5.41 Å².